The number of aryl methyl sites for hydroxylation is 1. The minimum atomic E-state index is 0.308. The molecule has 4 rings (SSSR count). The van der Waals surface area contributed by atoms with Gasteiger partial charge in [0.1, 0.15) is 16.9 Å². The fraction of sp³-hybridized carbons (Fsp3) is 0.636. The topological polar surface area (TPSA) is 92.5 Å². The number of allylic oxidation sites excluding steroid dienone is 1. The summed E-state index contributed by atoms with van der Waals surface area (Å²) in [5.74, 6) is 2.75. The lowest BCUT2D eigenvalue weighted by atomic mass is 10.1. The number of fused-ring (bicyclic) bond motifs is 1. The Bertz CT molecular complexity index is 982. The molecule has 0 aromatic carbocycles. The van der Waals surface area contributed by atoms with E-state index in [0.29, 0.717) is 37.8 Å². The fourth-order valence-corrected chi connectivity index (χ4v) is 4.01. The van der Waals surface area contributed by atoms with Gasteiger partial charge in [0, 0.05) is 38.0 Å². The van der Waals surface area contributed by atoms with E-state index in [-0.39, 0.29) is 0 Å². The highest BCUT2D eigenvalue weighted by Crippen LogP contribution is 2.29. The molecule has 2 N–H and O–H groups in total. The lowest BCUT2D eigenvalue weighted by Gasteiger charge is -2.37. The van der Waals surface area contributed by atoms with E-state index >= 15 is 0 Å². The molecule has 0 bridgehead atoms. The third kappa shape index (κ3) is 4.72. The maximum Gasteiger partial charge on any atom is 0.228 e. The summed E-state index contributed by atoms with van der Waals surface area (Å²) in [6.45, 7) is 14.3. The molecule has 0 spiro atoms. The molecule has 2 aliphatic heterocycles. The Balaban J connectivity index is 1.76. The van der Waals surface area contributed by atoms with Crippen LogP contribution in [0.1, 0.15) is 39.8 Å². The van der Waals surface area contributed by atoms with Crippen LogP contribution in [0.4, 0.5) is 11.8 Å². The van der Waals surface area contributed by atoms with Crippen LogP contribution in [0.2, 0.25) is 0 Å². The lowest BCUT2D eigenvalue weighted by Crippen LogP contribution is -2.55. The van der Waals surface area contributed by atoms with Gasteiger partial charge in [-0.15, -0.1) is 0 Å². The van der Waals surface area contributed by atoms with E-state index in [4.69, 9.17) is 19.8 Å². The molecule has 2 aromatic heterocycles. The number of hydrogen-bond acceptors (Lipinski definition) is 8. The van der Waals surface area contributed by atoms with Crippen LogP contribution in [-0.4, -0.2) is 64.4 Å². The van der Waals surface area contributed by atoms with Crippen LogP contribution < -0.4 is 15.5 Å². The van der Waals surface area contributed by atoms with Crippen molar-refractivity contribution < 1.29 is 4.74 Å². The second-order valence-electron chi connectivity index (χ2n) is 8.59. The monoisotopic (exact) mass is 426 g/mol. The molecule has 9 heteroatoms. The van der Waals surface area contributed by atoms with Crippen molar-refractivity contribution in [2.75, 3.05) is 36.5 Å². The van der Waals surface area contributed by atoms with Gasteiger partial charge in [-0.1, -0.05) is 6.92 Å². The molecule has 2 aromatic rings. The smallest absolute Gasteiger partial charge is 0.228 e. The zero-order valence-electron chi connectivity index (χ0n) is 19.2. The standard InChI is InChI=1S/C22H34N8O/c1-6-31-10-9-30-20-19(17(5)28-30)26-22(29-13-15(3)23-12-16(29)4)27-21(20)25-18-8-7-14(2)11-24-18/h8,11,14-16,23H,6-7,9-10,12-13H2,1-5H3,(H,25,26,27)/t14?,15-,16+/m1/s1. The first-order valence-corrected chi connectivity index (χ1v) is 11.3. The summed E-state index contributed by atoms with van der Waals surface area (Å²) in [5.41, 5.74) is 2.66. The Kier molecular flexibility index (Phi) is 6.52. The largest absolute Gasteiger partial charge is 0.380 e. The van der Waals surface area contributed by atoms with Crippen LogP contribution in [0, 0.1) is 12.8 Å². The zero-order chi connectivity index (χ0) is 22.0. The number of ether oxygens (including phenoxy) is 1. The quantitative estimate of drug-likeness (QED) is 0.658. The van der Waals surface area contributed by atoms with Gasteiger partial charge in [-0.05, 0) is 46.1 Å². The van der Waals surface area contributed by atoms with Gasteiger partial charge in [0.05, 0.1) is 18.8 Å². The number of nitrogens with one attached hydrogen (secondary N) is 2. The van der Waals surface area contributed by atoms with Crippen molar-refractivity contribution >= 4 is 29.0 Å². The van der Waals surface area contributed by atoms with E-state index in [9.17, 15) is 0 Å². The average Bonchev–Trinajstić information content (AvgIpc) is 3.07. The SMILES string of the molecule is CCOCCn1nc(C)c2nc(N3C[C@@H](C)NC[C@@H]3C)nc(NC3=CCC(C)C=N3)c21. The van der Waals surface area contributed by atoms with Gasteiger partial charge < -0.3 is 20.3 Å². The molecule has 3 atom stereocenters. The first-order chi connectivity index (χ1) is 15.0. The summed E-state index contributed by atoms with van der Waals surface area (Å²) >= 11 is 0. The third-order valence-corrected chi connectivity index (χ3v) is 5.81. The molecule has 0 saturated carbocycles. The fourth-order valence-electron chi connectivity index (χ4n) is 4.01. The second kappa shape index (κ2) is 9.32. The van der Waals surface area contributed by atoms with Gasteiger partial charge >= 0.3 is 0 Å². The van der Waals surface area contributed by atoms with Crippen LogP contribution in [0.15, 0.2) is 16.9 Å². The minimum Gasteiger partial charge on any atom is -0.380 e. The molecule has 31 heavy (non-hydrogen) atoms. The zero-order valence-corrected chi connectivity index (χ0v) is 19.2. The van der Waals surface area contributed by atoms with Crippen LogP contribution in [0.5, 0.6) is 0 Å². The highest BCUT2D eigenvalue weighted by molar-refractivity contribution is 5.89. The van der Waals surface area contributed by atoms with Gasteiger partial charge in [0.15, 0.2) is 5.82 Å². The molecular formula is C22H34N8O. The summed E-state index contributed by atoms with van der Waals surface area (Å²) in [5, 5.41) is 11.7. The van der Waals surface area contributed by atoms with Crippen molar-refractivity contribution in [1.29, 1.82) is 0 Å². The van der Waals surface area contributed by atoms with E-state index in [2.05, 4.69) is 47.4 Å². The van der Waals surface area contributed by atoms with Gasteiger partial charge in [0.25, 0.3) is 0 Å². The number of hydrogen-bond donors (Lipinski definition) is 2. The first kappa shape index (κ1) is 21.7. The van der Waals surface area contributed by atoms with E-state index in [0.717, 1.165) is 53.8 Å². The van der Waals surface area contributed by atoms with Crippen LogP contribution in [0.3, 0.4) is 0 Å². The molecular weight excluding hydrogens is 392 g/mol. The number of nitrogens with zero attached hydrogens (tertiary/aromatic N) is 6. The van der Waals surface area contributed by atoms with Crippen molar-refractivity contribution in [1.82, 2.24) is 25.1 Å². The van der Waals surface area contributed by atoms with Crippen molar-refractivity contribution in [3.8, 4) is 0 Å². The summed E-state index contributed by atoms with van der Waals surface area (Å²) in [7, 11) is 0. The Morgan fingerprint density at radius 2 is 2.10 bits per heavy atom. The van der Waals surface area contributed by atoms with Crippen molar-refractivity contribution in [3.05, 3.63) is 17.6 Å². The van der Waals surface area contributed by atoms with Crippen LogP contribution in [-0.2, 0) is 11.3 Å². The second-order valence-corrected chi connectivity index (χ2v) is 8.59. The average molecular weight is 427 g/mol. The third-order valence-electron chi connectivity index (χ3n) is 5.81. The molecule has 0 radical (unpaired) electrons. The maximum absolute atomic E-state index is 5.57. The van der Waals surface area contributed by atoms with Gasteiger partial charge in [-0.2, -0.15) is 10.1 Å². The Morgan fingerprint density at radius 1 is 1.26 bits per heavy atom. The normalized spacial score (nSPS) is 24.0. The Morgan fingerprint density at radius 3 is 2.84 bits per heavy atom. The van der Waals surface area contributed by atoms with Crippen molar-refractivity contribution in [2.45, 2.75) is 59.7 Å². The number of anilines is 2. The first-order valence-electron chi connectivity index (χ1n) is 11.3. The molecule has 1 fully saturated rings. The molecule has 1 saturated heterocycles. The molecule has 0 amide bonds. The van der Waals surface area contributed by atoms with Crippen LogP contribution in [0.25, 0.3) is 11.0 Å². The number of rotatable bonds is 7. The minimum absolute atomic E-state index is 0.308. The maximum atomic E-state index is 5.57. The molecule has 4 heterocycles. The summed E-state index contributed by atoms with van der Waals surface area (Å²) in [6, 6.07) is 0.691. The van der Waals surface area contributed by atoms with E-state index in [1.165, 1.54) is 0 Å². The number of aliphatic imine (C=N–C) groups is 1. The van der Waals surface area contributed by atoms with Gasteiger partial charge in [-0.25, -0.2) is 9.98 Å². The number of aromatic nitrogens is 4. The van der Waals surface area contributed by atoms with Crippen molar-refractivity contribution in [3.63, 3.8) is 0 Å². The Labute approximate surface area is 184 Å². The highest BCUT2D eigenvalue weighted by atomic mass is 16.5. The van der Waals surface area contributed by atoms with Gasteiger partial charge in [0.2, 0.25) is 5.95 Å². The highest BCUT2D eigenvalue weighted by Gasteiger charge is 2.27. The lowest BCUT2D eigenvalue weighted by molar-refractivity contribution is 0.137. The Hall–Kier alpha value is -2.52. The molecule has 9 nitrogen and oxygen atoms in total. The molecule has 168 valence electrons. The predicted octanol–water partition coefficient (Wildman–Crippen LogP) is 2.72. The van der Waals surface area contributed by atoms with Gasteiger partial charge in [-0.3, -0.25) is 4.68 Å². The van der Waals surface area contributed by atoms with E-state index in [1.807, 2.05) is 24.7 Å². The summed E-state index contributed by atoms with van der Waals surface area (Å²) < 4.78 is 7.52. The van der Waals surface area contributed by atoms with E-state index < -0.39 is 0 Å². The van der Waals surface area contributed by atoms with Crippen LogP contribution >= 0.6 is 0 Å². The molecule has 0 aliphatic carbocycles. The van der Waals surface area contributed by atoms with E-state index in [1.54, 1.807) is 0 Å². The molecule has 1 unspecified atom stereocenters. The molecule has 2 aliphatic rings. The summed E-state index contributed by atoms with van der Waals surface area (Å²) in [6.07, 6.45) is 5.07. The number of piperazine rings is 1. The predicted molar refractivity (Wildman–Crippen MR) is 125 cm³/mol. The summed E-state index contributed by atoms with van der Waals surface area (Å²) in [4.78, 5) is 16.8. The van der Waals surface area contributed by atoms with Crippen molar-refractivity contribution in [2.24, 2.45) is 10.9 Å².